The van der Waals surface area contributed by atoms with Crippen molar-refractivity contribution in [3.8, 4) is 0 Å². The van der Waals surface area contributed by atoms with Crippen molar-refractivity contribution in [2.45, 2.75) is 32.0 Å². The topological polar surface area (TPSA) is 12.0 Å². The van der Waals surface area contributed by atoms with Crippen LogP contribution in [0.4, 0.5) is 4.39 Å². The zero-order valence-electron chi connectivity index (χ0n) is 5.15. The summed E-state index contributed by atoms with van der Waals surface area (Å²) in [7, 11) is 0. The van der Waals surface area contributed by atoms with Crippen LogP contribution in [0.1, 0.15) is 19.8 Å². The molecule has 0 spiro atoms. The van der Waals surface area contributed by atoms with Crippen molar-refractivity contribution in [1.82, 2.24) is 5.32 Å². The third-order valence-electron chi connectivity index (χ3n) is 1.60. The van der Waals surface area contributed by atoms with Crippen LogP contribution in [0.15, 0.2) is 0 Å². The summed E-state index contributed by atoms with van der Waals surface area (Å²) in [6, 6.07) is 0.530. The normalized spacial score (nSPS) is 39.8. The Balaban J connectivity index is 2.19. The lowest BCUT2D eigenvalue weighted by Crippen LogP contribution is -2.37. The van der Waals surface area contributed by atoms with Gasteiger partial charge in [0.2, 0.25) is 0 Å². The molecule has 0 saturated carbocycles. The predicted molar refractivity (Wildman–Crippen MR) is 31.6 cm³/mol. The van der Waals surface area contributed by atoms with Gasteiger partial charge in [0.05, 0.1) is 0 Å². The molecule has 2 heteroatoms. The smallest absolute Gasteiger partial charge is 0.113 e. The third-order valence-corrected chi connectivity index (χ3v) is 1.60. The molecule has 1 N–H and O–H groups in total. The molecule has 1 fully saturated rings. The number of halogens is 1. The molecule has 2 atom stereocenters. The molecule has 0 unspecified atom stereocenters. The maximum Gasteiger partial charge on any atom is 0.113 e. The average molecular weight is 117 g/mol. The summed E-state index contributed by atoms with van der Waals surface area (Å²) in [5.74, 6) is 0. The van der Waals surface area contributed by atoms with Gasteiger partial charge in [-0.25, -0.2) is 4.39 Å². The molecule has 1 heterocycles. The molecule has 1 nitrogen and oxygen atoms in total. The van der Waals surface area contributed by atoms with Crippen LogP contribution in [0.2, 0.25) is 0 Å². The SMILES string of the molecule is C[C@@H]1CC[C@H](F)CN1. The molecule has 8 heavy (non-hydrogen) atoms. The summed E-state index contributed by atoms with van der Waals surface area (Å²) >= 11 is 0. The summed E-state index contributed by atoms with van der Waals surface area (Å²) in [6.07, 6.45) is 1.14. The highest BCUT2D eigenvalue weighted by Gasteiger charge is 2.15. The number of hydrogen-bond acceptors (Lipinski definition) is 1. The van der Waals surface area contributed by atoms with E-state index in [1.54, 1.807) is 0 Å². The first-order chi connectivity index (χ1) is 3.79. The van der Waals surface area contributed by atoms with Gasteiger partial charge >= 0.3 is 0 Å². The zero-order chi connectivity index (χ0) is 5.98. The largest absolute Gasteiger partial charge is 0.311 e. The minimum atomic E-state index is -0.591. The fourth-order valence-electron chi connectivity index (χ4n) is 0.964. The average Bonchev–Trinajstić information content (AvgIpc) is 1.77. The summed E-state index contributed by atoms with van der Waals surface area (Å²) in [5.41, 5.74) is 0. The molecule has 0 aromatic rings. The molecule has 0 aromatic heterocycles. The molecule has 0 aliphatic carbocycles. The number of nitrogens with one attached hydrogen (secondary N) is 1. The van der Waals surface area contributed by atoms with Crippen molar-refractivity contribution in [2.75, 3.05) is 6.54 Å². The molecule has 0 aromatic carbocycles. The van der Waals surface area contributed by atoms with Gasteiger partial charge in [-0.2, -0.15) is 0 Å². The van der Waals surface area contributed by atoms with Crippen molar-refractivity contribution in [1.29, 1.82) is 0 Å². The first-order valence-corrected chi connectivity index (χ1v) is 3.16. The molecule has 1 saturated heterocycles. The monoisotopic (exact) mass is 117 g/mol. The summed E-state index contributed by atoms with van der Waals surface area (Å²) in [6.45, 7) is 2.65. The van der Waals surface area contributed by atoms with Crippen molar-refractivity contribution in [2.24, 2.45) is 0 Å². The molecule has 0 amide bonds. The van der Waals surface area contributed by atoms with E-state index >= 15 is 0 Å². The summed E-state index contributed by atoms with van der Waals surface area (Å²) < 4.78 is 12.3. The Morgan fingerprint density at radius 1 is 1.50 bits per heavy atom. The van der Waals surface area contributed by atoms with Crippen molar-refractivity contribution < 1.29 is 4.39 Å². The Kier molecular flexibility index (Phi) is 1.84. The van der Waals surface area contributed by atoms with Crippen LogP contribution in [0, 0.1) is 0 Å². The van der Waals surface area contributed by atoms with Gasteiger partial charge < -0.3 is 5.32 Å². The van der Waals surface area contributed by atoms with E-state index in [2.05, 4.69) is 12.2 Å². The third kappa shape index (κ3) is 1.44. The van der Waals surface area contributed by atoms with Gasteiger partial charge in [-0.3, -0.25) is 0 Å². The van der Waals surface area contributed by atoms with Crippen LogP contribution in [0.25, 0.3) is 0 Å². The van der Waals surface area contributed by atoms with Crippen LogP contribution >= 0.6 is 0 Å². The lowest BCUT2D eigenvalue weighted by atomic mass is 10.1. The predicted octanol–water partition coefficient (Wildman–Crippen LogP) is 1.10. The fourth-order valence-corrected chi connectivity index (χ4v) is 0.964. The van der Waals surface area contributed by atoms with Gasteiger partial charge in [0, 0.05) is 12.6 Å². The maximum absolute atomic E-state index is 12.3. The van der Waals surface area contributed by atoms with Crippen LogP contribution in [-0.4, -0.2) is 18.8 Å². The molecule has 0 bridgehead atoms. The van der Waals surface area contributed by atoms with E-state index in [4.69, 9.17) is 0 Å². The molecule has 1 aliphatic heterocycles. The van der Waals surface area contributed by atoms with E-state index in [9.17, 15) is 4.39 Å². The molecule has 48 valence electrons. The molecular formula is C6H12FN. The van der Waals surface area contributed by atoms with Crippen LogP contribution < -0.4 is 5.32 Å². The van der Waals surface area contributed by atoms with Gasteiger partial charge in [-0.05, 0) is 19.8 Å². The van der Waals surface area contributed by atoms with Gasteiger partial charge in [-0.1, -0.05) is 0 Å². The first kappa shape index (κ1) is 6.02. The lowest BCUT2D eigenvalue weighted by Gasteiger charge is -2.21. The quantitative estimate of drug-likeness (QED) is 0.501. The van der Waals surface area contributed by atoms with Crippen molar-refractivity contribution in [3.05, 3.63) is 0 Å². The summed E-state index contributed by atoms with van der Waals surface area (Å²) in [5, 5.41) is 3.06. The summed E-state index contributed by atoms with van der Waals surface area (Å²) in [4.78, 5) is 0. The number of hydrogen-bond donors (Lipinski definition) is 1. The van der Waals surface area contributed by atoms with Gasteiger partial charge in [-0.15, -0.1) is 0 Å². The number of rotatable bonds is 0. The van der Waals surface area contributed by atoms with E-state index in [0.717, 1.165) is 12.8 Å². The Morgan fingerprint density at radius 3 is 2.62 bits per heavy atom. The first-order valence-electron chi connectivity index (χ1n) is 3.16. The molecule has 1 aliphatic rings. The molecular weight excluding hydrogens is 105 g/mol. The number of alkyl halides is 1. The minimum absolute atomic E-state index is 0.530. The highest BCUT2D eigenvalue weighted by Crippen LogP contribution is 2.09. The Bertz CT molecular complexity index is 56.9. The van der Waals surface area contributed by atoms with E-state index in [1.165, 1.54) is 0 Å². The van der Waals surface area contributed by atoms with Crippen LogP contribution in [0.5, 0.6) is 0 Å². The van der Waals surface area contributed by atoms with E-state index in [0.29, 0.717) is 12.6 Å². The Morgan fingerprint density at radius 2 is 2.25 bits per heavy atom. The molecule has 0 radical (unpaired) electrons. The van der Waals surface area contributed by atoms with Gasteiger partial charge in [0.25, 0.3) is 0 Å². The van der Waals surface area contributed by atoms with Gasteiger partial charge in [0.15, 0.2) is 0 Å². The zero-order valence-corrected chi connectivity index (χ0v) is 5.15. The van der Waals surface area contributed by atoms with Crippen LogP contribution in [0.3, 0.4) is 0 Å². The maximum atomic E-state index is 12.3. The van der Waals surface area contributed by atoms with Crippen molar-refractivity contribution >= 4 is 0 Å². The van der Waals surface area contributed by atoms with E-state index < -0.39 is 6.17 Å². The van der Waals surface area contributed by atoms with Crippen LogP contribution in [-0.2, 0) is 0 Å². The molecule has 1 rings (SSSR count). The van der Waals surface area contributed by atoms with Crippen molar-refractivity contribution in [3.63, 3.8) is 0 Å². The van der Waals surface area contributed by atoms with E-state index in [-0.39, 0.29) is 0 Å². The lowest BCUT2D eigenvalue weighted by molar-refractivity contribution is 0.239. The number of piperidine rings is 1. The van der Waals surface area contributed by atoms with Gasteiger partial charge in [0.1, 0.15) is 6.17 Å². The second kappa shape index (κ2) is 2.44. The minimum Gasteiger partial charge on any atom is -0.311 e. The standard InChI is InChI=1S/C6H12FN/c1-5-2-3-6(7)4-8-5/h5-6,8H,2-4H2,1H3/t5-,6+/m1/s1. The fraction of sp³-hybridized carbons (Fsp3) is 1.00. The second-order valence-corrected chi connectivity index (χ2v) is 2.48. The Hall–Kier alpha value is -0.110. The Labute approximate surface area is 49.3 Å². The van der Waals surface area contributed by atoms with E-state index in [1.807, 2.05) is 0 Å². The second-order valence-electron chi connectivity index (χ2n) is 2.48. The highest BCUT2D eigenvalue weighted by molar-refractivity contribution is 4.73. The highest BCUT2D eigenvalue weighted by atomic mass is 19.1.